The SMILES string of the molecule is CCCCS(=O)(=O)CCCC(=O)OC. The Hall–Kier alpha value is -0.580. The van der Waals surface area contributed by atoms with Crippen molar-refractivity contribution in [2.45, 2.75) is 32.6 Å². The molecule has 84 valence electrons. The Morgan fingerprint density at radius 1 is 1.21 bits per heavy atom. The summed E-state index contributed by atoms with van der Waals surface area (Å²) in [6, 6.07) is 0. The van der Waals surface area contributed by atoms with Crippen LogP contribution in [0, 0.1) is 0 Å². The molecule has 0 aromatic heterocycles. The van der Waals surface area contributed by atoms with Crippen LogP contribution in [0.3, 0.4) is 0 Å². The highest BCUT2D eigenvalue weighted by Crippen LogP contribution is 2.02. The molecule has 0 rings (SSSR count). The van der Waals surface area contributed by atoms with Gasteiger partial charge in [-0.1, -0.05) is 13.3 Å². The zero-order valence-electron chi connectivity index (χ0n) is 8.78. The van der Waals surface area contributed by atoms with E-state index >= 15 is 0 Å². The predicted octanol–water partition coefficient (Wildman–Crippen LogP) is 1.15. The first kappa shape index (κ1) is 13.4. The predicted molar refractivity (Wildman–Crippen MR) is 54.8 cm³/mol. The second-order valence-corrected chi connectivity index (χ2v) is 5.49. The first-order chi connectivity index (χ1) is 6.52. The van der Waals surface area contributed by atoms with Crippen LogP contribution in [0.2, 0.25) is 0 Å². The molecule has 4 nitrogen and oxygen atoms in total. The lowest BCUT2D eigenvalue weighted by atomic mass is 10.3. The molecule has 0 spiro atoms. The molecule has 0 radical (unpaired) electrons. The number of carbonyl (C=O) groups is 1. The summed E-state index contributed by atoms with van der Waals surface area (Å²) in [6.07, 6.45) is 2.11. The van der Waals surface area contributed by atoms with Crippen molar-refractivity contribution in [3.05, 3.63) is 0 Å². The van der Waals surface area contributed by atoms with Crippen molar-refractivity contribution in [3.63, 3.8) is 0 Å². The lowest BCUT2D eigenvalue weighted by Gasteiger charge is -2.02. The summed E-state index contributed by atoms with van der Waals surface area (Å²) >= 11 is 0. The van der Waals surface area contributed by atoms with Crippen LogP contribution >= 0.6 is 0 Å². The molecule has 0 fully saturated rings. The van der Waals surface area contributed by atoms with E-state index in [9.17, 15) is 13.2 Å². The Morgan fingerprint density at radius 3 is 2.29 bits per heavy atom. The molecule has 0 heterocycles. The summed E-state index contributed by atoms with van der Waals surface area (Å²) in [5.74, 6) is -0.0389. The van der Waals surface area contributed by atoms with E-state index in [1.165, 1.54) is 7.11 Å². The highest BCUT2D eigenvalue weighted by molar-refractivity contribution is 7.91. The Labute approximate surface area is 85.6 Å². The fourth-order valence-electron chi connectivity index (χ4n) is 1.00. The molecule has 5 heteroatoms. The van der Waals surface area contributed by atoms with Crippen LogP contribution in [0.25, 0.3) is 0 Å². The first-order valence-electron chi connectivity index (χ1n) is 4.79. The minimum absolute atomic E-state index is 0.0854. The fourth-order valence-corrected chi connectivity index (χ4v) is 2.52. The van der Waals surface area contributed by atoms with Gasteiger partial charge < -0.3 is 4.74 Å². The van der Waals surface area contributed by atoms with E-state index in [0.29, 0.717) is 12.8 Å². The number of hydrogen-bond donors (Lipinski definition) is 0. The molecule has 0 atom stereocenters. The number of rotatable bonds is 7. The van der Waals surface area contributed by atoms with Crippen molar-refractivity contribution in [3.8, 4) is 0 Å². The van der Waals surface area contributed by atoms with Crippen LogP contribution in [-0.4, -0.2) is 33.0 Å². The molecule has 0 unspecified atom stereocenters. The number of methoxy groups -OCH3 is 1. The Bertz CT molecular complexity index is 256. The molecular weight excluding hydrogens is 204 g/mol. The minimum atomic E-state index is -2.96. The Morgan fingerprint density at radius 2 is 1.79 bits per heavy atom. The topological polar surface area (TPSA) is 60.4 Å². The van der Waals surface area contributed by atoms with Gasteiger partial charge >= 0.3 is 5.97 Å². The summed E-state index contributed by atoms with van der Waals surface area (Å²) in [5.41, 5.74) is 0. The Balaban J connectivity index is 3.71. The smallest absolute Gasteiger partial charge is 0.305 e. The maximum Gasteiger partial charge on any atom is 0.305 e. The number of hydrogen-bond acceptors (Lipinski definition) is 4. The molecule has 0 aliphatic heterocycles. The highest BCUT2D eigenvalue weighted by Gasteiger charge is 2.10. The maximum absolute atomic E-state index is 11.3. The average molecular weight is 222 g/mol. The van der Waals surface area contributed by atoms with Gasteiger partial charge in [0.05, 0.1) is 18.6 Å². The molecule has 0 saturated heterocycles. The van der Waals surface area contributed by atoms with Gasteiger partial charge in [0.2, 0.25) is 0 Å². The number of sulfone groups is 1. The third-order valence-corrected chi connectivity index (χ3v) is 3.69. The molecule has 0 aromatic carbocycles. The molecular formula is C9H18O4S. The summed E-state index contributed by atoms with van der Waals surface area (Å²) in [6.45, 7) is 1.95. The van der Waals surface area contributed by atoms with Gasteiger partial charge in [-0.05, 0) is 12.8 Å². The van der Waals surface area contributed by atoms with E-state index in [1.807, 2.05) is 6.92 Å². The quantitative estimate of drug-likeness (QED) is 0.606. The van der Waals surface area contributed by atoms with Crippen molar-refractivity contribution in [1.29, 1.82) is 0 Å². The summed E-state index contributed by atoms with van der Waals surface area (Å²) < 4.78 is 27.0. The van der Waals surface area contributed by atoms with Gasteiger partial charge in [0, 0.05) is 6.42 Å². The molecule has 0 aromatic rings. The number of ether oxygens (including phenoxy) is 1. The lowest BCUT2D eigenvalue weighted by molar-refractivity contribution is -0.140. The van der Waals surface area contributed by atoms with E-state index in [0.717, 1.165) is 6.42 Å². The first-order valence-corrected chi connectivity index (χ1v) is 6.61. The van der Waals surface area contributed by atoms with E-state index in [1.54, 1.807) is 0 Å². The van der Waals surface area contributed by atoms with Gasteiger partial charge in [0.1, 0.15) is 9.84 Å². The van der Waals surface area contributed by atoms with Gasteiger partial charge in [-0.2, -0.15) is 0 Å². The molecule has 0 saturated carbocycles. The molecule has 0 amide bonds. The molecule has 0 N–H and O–H groups in total. The van der Waals surface area contributed by atoms with E-state index in [4.69, 9.17) is 0 Å². The average Bonchev–Trinajstić information content (AvgIpc) is 2.14. The van der Waals surface area contributed by atoms with Crippen LogP contribution in [0.15, 0.2) is 0 Å². The molecule has 0 bridgehead atoms. The summed E-state index contributed by atoms with van der Waals surface area (Å²) in [5, 5.41) is 0. The van der Waals surface area contributed by atoms with Crippen LogP contribution < -0.4 is 0 Å². The van der Waals surface area contributed by atoms with Crippen molar-refractivity contribution in [1.82, 2.24) is 0 Å². The van der Waals surface area contributed by atoms with Crippen molar-refractivity contribution in [2.75, 3.05) is 18.6 Å². The van der Waals surface area contributed by atoms with Crippen molar-refractivity contribution < 1.29 is 17.9 Å². The van der Waals surface area contributed by atoms with Crippen LogP contribution in [-0.2, 0) is 19.4 Å². The van der Waals surface area contributed by atoms with Gasteiger partial charge in [0.25, 0.3) is 0 Å². The number of unbranched alkanes of at least 4 members (excludes halogenated alkanes) is 1. The summed E-state index contributed by atoms with van der Waals surface area (Å²) in [4.78, 5) is 10.7. The van der Waals surface area contributed by atoms with E-state index < -0.39 is 9.84 Å². The third-order valence-electron chi connectivity index (χ3n) is 1.87. The van der Waals surface area contributed by atoms with Crippen molar-refractivity contribution in [2.24, 2.45) is 0 Å². The van der Waals surface area contributed by atoms with E-state index in [-0.39, 0.29) is 23.9 Å². The number of esters is 1. The number of carbonyl (C=O) groups excluding carboxylic acids is 1. The Kier molecular flexibility index (Phi) is 6.53. The normalized spacial score (nSPS) is 11.3. The maximum atomic E-state index is 11.3. The summed E-state index contributed by atoms with van der Waals surface area (Å²) in [7, 11) is -1.66. The second kappa shape index (κ2) is 6.81. The van der Waals surface area contributed by atoms with Crippen LogP contribution in [0.5, 0.6) is 0 Å². The largest absolute Gasteiger partial charge is 0.469 e. The van der Waals surface area contributed by atoms with Crippen molar-refractivity contribution >= 4 is 15.8 Å². The molecule has 0 aliphatic rings. The lowest BCUT2D eigenvalue weighted by Crippen LogP contribution is -2.12. The highest BCUT2D eigenvalue weighted by atomic mass is 32.2. The monoisotopic (exact) mass is 222 g/mol. The van der Waals surface area contributed by atoms with Gasteiger partial charge in [0.15, 0.2) is 0 Å². The third kappa shape index (κ3) is 6.88. The van der Waals surface area contributed by atoms with Gasteiger partial charge in [-0.15, -0.1) is 0 Å². The minimum Gasteiger partial charge on any atom is -0.469 e. The van der Waals surface area contributed by atoms with Crippen LogP contribution in [0.4, 0.5) is 0 Å². The van der Waals surface area contributed by atoms with Crippen LogP contribution in [0.1, 0.15) is 32.6 Å². The fraction of sp³-hybridized carbons (Fsp3) is 0.889. The zero-order valence-corrected chi connectivity index (χ0v) is 9.60. The molecule has 14 heavy (non-hydrogen) atoms. The second-order valence-electron chi connectivity index (χ2n) is 3.19. The molecule has 0 aliphatic carbocycles. The van der Waals surface area contributed by atoms with E-state index in [2.05, 4.69) is 4.74 Å². The van der Waals surface area contributed by atoms with Gasteiger partial charge in [-0.25, -0.2) is 8.42 Å². The zero-order chi connectivity index (χ0) is 11.0. The van der Waals surface area contributed by atoms with Gasteiger partial charge in [-0.3, -0.25) is 4.79 Å². The standard InChI is InChI=1S/C9H18O4S/c1-3-4-7-14(11,12)8-5-6-9(10)13-2/h3-8H2,1-2H3.